The summed E-state index contributed by atoms with van der Waals surface area (Å²) in [6.07, 6.45) is 2.31. The number of ether oxygens (including phenoxy) is 1. The van der Waals surface area contributed by atoms with Gasteiger partial charge in [-0.05, 0) is 32.6 Å². The van der Waals surface area contributed by atoms with Crippen molar-refractivity contribution in [3.8, 4) is 0 Å². The Balaban J connectivity index is 3.56. The van der Waals surface area contributed by atoms with E-state index in [4.69, 9.17) is 4.74 Å². The van der Waals surface area contributed by atoms with Crippen molar-refractivity contribution in [1.29, 1.82) is 0 Å². The number of nitrogens with zero attached hydrogens (tertiary/aromatic N) is 1. The fourth-order valence-corrected chi connectivity index (χ4v) is 1.38. The molecule has 0 N–H and O–H groups in total. The number of carbonyl (C=O) groups excluding carboxylic acids is 1. The molecular formula is C12H23NO2. The smallest absolute Gasteiger partial charge is 0.305 e. The zero-order valence-electron chi connectivity index (χ0n) is 10.4. The predicted octanol–water partition coefficient (Wildman–Crippen LogP) is 2.84. The molecule has 88 valence electrons. The van der Waals surface area contributed by atoms with Crippen LogP contribution in [-0.4, -0.2) is 24.8 Å². The average Bonchev–Trinajstić information content (AvgIpc) is 2.12. The molecular weight excluding hydrogens is 190 g/mol. The standard InChI is InChI=1S/C12H23NO2/c1-5-15-12(14)7-6-8-13-11(4)9-10(2)3/h10H,5-9H2,1-4H3/b13-11+. The third-order valence-corrected chi connectivity index (χ3v) is 1.93. The van der Waals surface area contributed by atoms with Crippen molar-refractivity contribution >= 4 is 11.7 Å². The van der Waals surface area contributed by atoms with E-state index in [0.717, 1.165) is 19.4 Å². The van der Waals surface area contributed by atoms with Crippen molar-refractivity contribution < 1.29 is 9.53 Å². The molecule has 0 radical (unpaired) electrons. The molecule has 0 aromatic rings. The summed E-state index contributed by atoms with van der Waals surface area (Å²) < 4.78 is 4.83. The molecule has 0 amide bonds. The molecule has 3 heteroatoms. The molecule has 0 bridgehead atoms. The molecule has 0 aliphatic rings. The van der Waals surface area contributed by atoms with Gasteiger partial charge in [0.25, 0.3) is 0 Å². The second kappa shape index (κ2) is 8.45. The van der Waals surface area contributed by atoms with Crippen LogP contribution in [0.2, 0.25) is 0 Å². The third-order valence-electron chi connectivity index (χ3n) is 1.93. The molecule has 0 aromatic heterocycles. The number of rotatable bonds is 7. The van der Waals surface area contributed by atoms with E-state index in [0.29, 0.717) is 18.9 Å². The molecule has 0 rings (SSSR count). The first kappa shape index (κ1) is 14.1. The fourth-order valence-electron chi connectivity index (χ4n) is 1.38. The second-order valence-electron chi connectivity index (χ2n) is 4.12. The van der Waals surface area contributed by atoms with Crippen molar-refractivity contribution in [2.75, 3.05) is 13.2 Å². The van der Waals surface area contributed by atoms with Gasteiger partial charge in [0.1, 0.15) is 0 Å². The number of hydrogen-bond donors (Lipinski definition) is 0. The Labute approximate surface area is 92.9 Å². The Kier molecular flexibility index (Phi) is 7.96. The van der Waals surface area contributed by atoms with Crippen molar-refractivity contribution in [2.24, 2.45) is 10.9 Å². The minimum atomic E-state index is -0.116. The normalized spacial score (nSPS) is 11.9. The first-order valence-electron chi connectivity index (χ1n) is 5.71. The van der Waals surface area contributed by atoms with Crippen molar-refractivity contribution in [3.05, 3.63) is 0 Å². The summed E-state index contributed by atoms with van der Waals surface area (Å²) in [4.78, 5) is 15.4. The van der Waals surface area contributed by atoms with Crippen LogP contribution >= 0.6 is 0 Å². The molecule has 0 aliphatic carbocycles. The molecule has 0 saturated carbocycles. The maximum absolute atomic E-state index is 11.0. The van der Waals surface area contributed by atoms with Gasteiger partial charge in [0.2, 0.25) is 0 Å². The third kappa shape index (κ3) is 9.44. The lowest BCUT2D eigenvalue weighted by Crippen LogP contribution is -2.05. The fraction of sp³-hybridized carbons (Fsp3) is 0.833. The van der Waals surface area contributed by atoms with E-state index in [1.54, 1.807) is 0 Å². The second-order valence-corrected chi connectivity index (χ2v) is 4.12. The van der Waals surface area contributed by atoms with Gasteiger partial charge in [-0.1, -0.05) is 13.8 Å². The van der Waals surface area contributed by atoms with E-state index in [-0.39, 0.29) is 5.97 Å². The number of carbonyl (C=O) groups is 1. The van der Waals surface area contributed by atoms with Crippen LogP contribution in [0.4, 0.5) is 0 Å². The molecule has 0 heterocycles. The van der Waals surface area contributed by atoms with E-state index in [1.165, 1.54) is 5.71 Å². The van der Waals surface area contributed by atoms with Crippen molar-refractivity contribution in [1.82, 2.24) is 0 Å². The Morgan fingerprint density at radius 1 is 1.40 bits per heavy atom. The van der Waals surface area contributed by atoms with Gasteiger partial charge in [-0.25, -0.2) is 0 Å². The van der Waals surface area contributed by atoms with Crippen LogP contribution in [0.25, 0.3) is 0 Å². The highest BCUT2D eigenvalue weighted by atomic mass is 16.5. The Morgan fingerprint density at radius 2 is 2.07 bits per heavy atom. The summed E-state index contributed by atoms with van der Waals surface area (Å²) >= 11 is 0. The highest BCUT2D eigenvalue weighted by Crippen LogP contribution is 2.02. The molecule has 0 saturated heterocycles. The molecule has 0 aromatic carbocycles. The number of hydrogen-bond acceptors (Lipinski definition) is 3. The largest absolute Gasteiger partial charge is 0.466 e. The van der Waals surface area contributed by atoms with Gasteiger partial charge in [0, 0.05) is 18.7 Å². The van der Waals surface area contributed by atoms with Crippen LogP contribution in [0.3, 0.4) is 0 Å². The summed E-state index contributed by atoms with van der Waals surface area (Å²) in [6.45, 7) is 9.42. The topological polar surface area (TPSA) is 38.7 Å². The average molecular weight is 213 g/mol. The quantitative estimate of drug-likeness (QED) is 0.370. The minimum absolute atomic E-state index is 0.116. The summed E-state index contributed by atoms with van der Waals surface area (Å²) in [5, 5.41) is 0. The van der Waals surface area contributed by atoms with Crippen LogP contribution < -0.4 is 0 Å². The van der Waals surface area contributed by atoms with Crippen molar-refractivity contribution in [2.45, 2.75) is 47.0 Å². The maximum atomic E-state index is 11.0. The molecule has 0 atom stereocenters. The molecule has 0 fully saturated rings. The van der Waals surface area contributed by atoms with Crippen LogP contribution in [0, 0.1) is 5.92 Å². The Morgan fingerprint density at radius 3 is 2.60 bits per heavy atom. The summed E-state index contributed by atoms with van der Waals surface area (Å²) in [5.41, 5.74) is 1.17. The lowest BCUT2D eigenvalue weighted by atomic mass is 10.1. The molecule has 0 spiro atoms. The van der Waals surface area contributed by atoms with E-state index in [9.17, 15) is 4.79 Å². The van der Waals surface area contributed by atoms with Crippen LogP contribution in [-0.2, 0) is 9.53 Å². The van der Waals surface area contributed by atoms with Gasteiger partial charge in [0.15, 0.2) is 0 Å². The van der Waals surface area contributed by atoms with Gasteiger partial charge < -0.3 is 4.74 Å². The van der Waals surface area contributed by atoms with Gasteiger partial charge in [-0.3, -0.25) is 9.79 Å². The van der Waals surface area contributed by atoms with E-state index in [2.05, 4.69) is 18.8 Å². The summed E-state index contributed by atoms with van der Waals surface area (Å²) in [7, 11) is 0. The minimum Gasteiger partial charge on any atom is -0.466 e. The Bertz CT molecular complexity index is 210. The lowest BCUT2D eigenvalue weighted by Gasteiger charge is -2.04. The Hall–Kier alpha value is -0.860. The van der Waals surface area contributed by atoms with E-state index >= 15 is 0 Å². The lowest BCUT2D eigenvalue weighted by molar-refractivity contribution is -0.143. The molecule has 0 aliphatic heterocycles. The SMILES string of the molecule is CCOC(=O)CCC/N=C(\C)CC(C)C. The zero-order chi connectivity index (χ0) is 11.7. The first-order chi connectivity index (χ1) is 7.06. The van der Waals surface area contributed by atoms with Crippen LogP contribution in [0.1, 0.15) is 47.0 Å². The maximum Gasteiger partial charge on any atom is 0.305 e. The van der Waals surface area contributed by atoms with Gasteiger partial charge >= 0.3 is 5.97 Å². The highest BCUT2D eigenvalue weighted by Gasteiger charge is 2.00. The molecule has 0 unspecified atom stereocenters. The number of esters is 1. The van der Waals surface area contributed by atoms with Gasteiger partial charge in [0.05, 0.1) is 6.61 Å². The highest BCUT2D eigenvalue weighted by molar-refractivity contribution is 5.82. The zero-order valence-corrected chi connectivity index (χ0v) is 10.4. The number of aliphatic imine (C=N–C) groups is 1. The first-order valence-corrected chi connectivity index (χ1v) is 5.71. The summed E-state index contributed by atoms with van der Waals surface area (Å²) in [6, 6.07) is 0. The molecule has 15 heavy (non-hydrogen) atoms. The van der Waals surface area contributed by atoms with E-state index in [1.807, 2.05) is 13.8 Å². The van der Waals surface area contributed by atoms with Crippen LogP contribution in [0.15, 0.2) is 4.99 Å². The molecule has 3 nitrogen and oxygen atoms in total. The monoisotopic (exact) mass is 213 g/mol. The van der Waals surface area contributed by atoms with Gasteiger partial charge in [-0.2, -0.15) is 0 Å². The van der Waals surface area contributed by atoms with Crippen molar-refractivity contribution in [3.63, 3.8) is 0 Å². The van der Waals surface area contributed by atoms with Gasteiger partial charge in [-0.15, -0.1) is 0 Å². The summed E-state index contributed by atoms with van der Waals surface area (Å²) in [5.74, 6) is 0.535. The predicted molar refractivity (Wildman–Crippen MR) is 63.3 cm³/mol. The van der Waals surface area contributed by atoms with Crippen LogP contribution in [0.5, 0.6) is 0 Å². The van der Waals surface area contributed by atoms with E-state index < -0.39 is 0 Å².